The first-order valence-electron chi connectivity index (χ1n) is 5.46. The van der Waals surface area contributed by atoms with Crippen LogP contribution in [0.4, 0.5) is 0 Å². The molecule has 0 bridgehead atoms. The number of ether oxygens (including phenoxy) is 1. The predicted molar refractivity (Wildman–Crippen MR) is 64.1 cm³/mol. The highest BCUT2D eigenvalue weighted by Gasteiger charge is 2.22. The molecule has 1 aliphatic rings. The van der Waals surface area contributed by atoms with Gasteiger partial charge in [-0.1, -0.05) is 24.3 Å². The summed E-state index contributed by atoms with van der Waals surface area (Å²) in [4.78, 5) is 11.3. The number of aliphatic hydroxyl groups excluding tert-OH is 1. The van der Waals surface area contributed by atoms with Crippen LogP contribution in [0, 0.1) is 0 Å². The largest absolute Gasteiger partial charge is 0.468 e. The minimum absolute atomic E-state index is 0.0228. The Hall–Kier alpha value is -1.65. The minimum Gasteiger partial charge on any atom is -0.468 e. The molecule has 2 N–H and O–H groups in total. The van der Waals surface area contributed by atoms with E-state index in [9.17, 15) is 4.79 Å². The molecule has 1 aliphatic heterocycles. The molecule has 0 aromatic heterocycles. The van der Waals surface area contributed by atoms with Gasteiger partial charge in [-0.05, 0) is 22.8 Å². The molecule has 0 saturated carbocycles. The number of aliphatic hydroxyl groups is 1. The van der Waals surface area contributed by atoms with Crippen molar-refractivity contribution in [3.05, 3.63) is 41.5 Å². The van der Waals surface area contributed by atoms with Crippen molar-refractivity contribution in [2.75, 3.05) is 13.7 Å². The number of rotatable bonds is 3. The van der Waals surface area contributed by atoms with Crippen LogP contribution < -0.4 is 5.32 Å². The molecule has 1 atom stereocenters. The van der Waals surface area contributed by atoms with Crippen LogP contribution >= 0.6 is 0 Å². The van der Waals surface area contributed by atoms with Crippen LogP contribution in [0.5, 0.6) is 0 Å². The number of carbonyl (C=O) groups is 1. The summed E-state index contributed by atoms with van der Waals surface area (Å²) in [6.45, 7) is 0.656. The van der Waals surface area contributed by atoms with Gasteiger partial charge >= 0.3 is 5.97 Å². The van der Waals surface area contributed by atoms with Crippen molar-refractivity contribution < 1.29 is 14.6 Å². The van der Waals surface area contributed by atoms with Crippen molar-refractivity contribution in [1.29, 1.82) is 0 Å². The molecule has 0 unspecified atom stereocenters. The molecule has 1 aromatic carbocycles. The number of hydrogen-bond acceptors (Lipinski definition) is 4. The van der Waals surface area contributed by atoms with Crippen LogP contribution in [0.2, 0.25) is 0 Å². The summed E-state index contributed by atoms with van der Waals surface area (Å²) in [5.41, 5.74) is 2.94. The quantitative estimate of drug-likeness (QED) is 0.755. The summed E-state index contributed by atoms with van der Waals surface area (Å²) >= 11 is 0. The van der Waals surface area contributed by atoms with E-state index < -0.39 is 0 Å². The van der Waals surface area contributed by atoms with Gasteiger partial charge in [0.2, 0.25) is 0 Å². The Kier molecular flexibility index (Phi) is 3.56. The SMILES string of the molecule is COC(=O)[C@H]1C=C(c2cccc(CO)c2)CN1. The van der Waals surface area contributed by atoms with E-state index in [4.69, 9.17) is 5.11 Å². The van der Waals surface area contributed by atoms with Crippen LogP contribution in [0.3, 0.4) is 0 Å². The van der Waals surface area contributed by atoms with Gasteiger partial charge in [0.25, 0.3) is 0 Å². The summed E-state index contributed by atoms with van der Waals surface area (Å²) in [5.74, 6) is -0.279. The maximum absolute atomic E-state index is 11.3. The Morgan fingerprint density at radius 2 is 2.41 bits per heavy atom. The fourth-order valence-corrected chi connectivity index (χ4v) is 1.88. The highest BCUT2D eigenvalue weighted by Crippen LogP contribution is 2.20. The van der Waals surface area contributed by atoms with Crippen molar-refractivity contribution >= 4 is 11.5 Å². The first-order valence-corrected chi connectivity index (χ1v) is 5.46. The second kappa shape index (κ2) is 5.12. The average Bonchev–Trinajstić information content (AvgIpc) is 2.87. The lowest BCUT2D eigenvalue weighted by Gasteiger charge is -2.04. The molecule has 0 radical (unpaired) electrons. The van der Waals surface area contributed by atoms with Crippen LogP contribution in [0.15, 0.2) is 30.3 Å². The van der Waals surface area contributed by atoms with E-state index in [1.165, 1.54) is 7.11 Å². The molecule has 0 aliphatic carbocycles. The first-order chi connectivity index (χ1) is 8.24. The van der Waals surface area contributed by atoms with Gasteiger partial charge in [0.1, 0.15) is 6.04 Å². The maximum Gasteiger partial charge on any atom is 0.326 e. The van der Waals surface area contributed by atoms with Gasteiger partial charge in [0.15, 0.2) is 0 Å². The number of hydrogen-bond donors (Lipinski definition) is 2. The molecule has 4 nitrogen and oxygen atoms in total. The van der Waals surface area contributed by atoms with Gasteiger partial charge in [-0.15, -0.1) is 0 Å². The summed E-state index contributed by atoms with van der Waals surface area (Å²) in [6.07, 6.45) is 1.86. The zero-order valence-corrected chi connectivity index (χ0v) is 9.64. The van der Waals surface area contributed by atoms with Gasteiger partial charge in [0, 0.05) is 6.54 Å². The molecule has 4 heteroatoms. The topological polar surface area (TPSA) is 58.6 Å². The smallest absolute Gasteiger partial charge is 0.326 e. The highest BCUT2D eigenvalue weighted by molar-refractivity contribution is 5.84. The third-order valence-electron chi connectivity index (χ3n) is 2.82. The number of carbonyl (C=O) groups excluding carboxylic acids is 1. The van der Waals surface area contributed by atoms with Gasteiger partial charge < -0.3 is 9.84 Å². The molecule has 90 valence electrons. The molecule has 1 heterocycles. The van der Waals surface area contributed by atoms with Crippen molar-refractivity contribution in [3.63, 3.8) is 0 Å². The zero-order chi connectivity index (χ0) is 12.3. The lowest BCUT2D eigenvalue weighted by atomic mass is 10.0. The van der Waals surface area contributed by atoms with E-state index in [1.54, 1.807) is 0 Å². The summed E-state index contributed by atoms with van der Waals surface area (Å²) < 4.78 is 4.68. The van der Waals surface area contributed by atoms with E-state index >= 15 is 0 Å². The normalized spacial score (nSPS) is 18.9. The van der Waals surface area contributed by atoms with Crippen LogP contribution in [0.1, 0.15) is 11.1 Å². The van der Waals surface area contributed by atoms with E-state index in [-0.39, 0.29) is 18.6 Å². The first kappa shape index (κ1) is 11.8. The number of esters is 1. The van der Waals surface area contributed by atoms with Gasteiger partial charge in [-0.2, -0.15) is 0 Å². The van der Waals surface area contributed by atoms with Crippen molar-refractivity contribution in [3.8, 4) is 0 Å². The molecule has 17 heavy (non-hydrogen) atoms. The third kappa shape index (κ3) is 2.54. The third-order valence-corrected chi connectivity index (χ3v) is 2.82. The zero-order valence-electron chi connectivity index (χ0n) is 9.64. The Morgan fingerprint density at radius 3 is 3.12 bits per heavy atom. The van der Waals surface area contributed by atoms with E-state index in [1.807, 2.05) is 30.3 Å². The highest BCUT2D eigenvalue weighted by atomic mass is 16.5. The van der Waals surface area contributed by atoms with Crippen LogP contribution in [-0.4, -0.2) is 30.8 Å². The second-order valence-corrected chi connectivity index (χ2v) is 3.93. The summed E-state index contributed by atoms with van der Waals surface area (Å²) in [5, 5.41) is 12.1. The molecule has 0 amide bonds. The average molecular weight is 233 g/mol. The lowest BCUT2D eigenvalue weighted by molar-refractivity contribution is -0.141. The molecule has 0 spiro atoms. The maximum atomic E-state index is 11.3. The lowest BCUT2D eigenvalue weighted by Crippen LogP contribution is -2.31. The Labute approximate surface area is 99.9 Å². The van der Waals surface area contributed by atoms with Crippen LogP contribution in [-0.2, 0) is 16.1 Å². The van der Waals surface area contributed by atoms with Crippen LogP contribution in [0.25, 0.3) is 5.57 Å². The number of nitrogens with one attached hydrogen (secondary N) is 1. The van der Waals surface area contributed by atoms with Crippen molar-refractivity contribution in [2.45, 2.75) is 12.6 Å². The van der Waals surface area contributed by atoms with Gasteiger partial charge in [0.05, 0.1) is 13.7 Å². The van der Waals surface area contributed by atoms with Gasteiger partial charge in [-0.25, -0.2) is 0 Å². The second-order valence-electron chi connectivity index (χ2n) is 3.93. The standard InChI is InChI=1S/C13H15NO3/c1-17-13(16)12-6-11(7-14-12)10-4-2-3-9(5-10)8-15/h2-6,12,14-15H,7-8H2,1H3/t12-/m1/s1. The molecular weight excluding hydrogens is 218 g/mol. The van der Waals surface area contributed by atoms with Crippen molar-refractivity contribution in [1.82, 2.24) is 5.32 Å². The molecule has 0 saturated heterocycles. The molecular formula is C13H15NO3. The van der Waals surface area contributed by atoms with E-state index in [0.29, 0.717) is 6.54 Å². The van der Waals surface area contributed by atoms with Crippen molar-refractivity contribution in [2.24, 2.45) is 0 Å². The number of benzene rings is 1. The predicted octanol–water partition coefficient (Wildman–Crippen LogP) is 0.707. The monoisotopic (exact) mass is 233 g/mol. The Morgan fingerprint density at radius 1 is 1.59 bits per heavy atom. The van der Waals surface area contributed by atoms with E-state index in [0.717, 1.165) is 16.7 Å². The molecule has 0 fully saturated rings. The summed E-state index contributed by atoms with van der Waals surface area (Å²) in [6, 6.07) is 7.28. The van der Waals surface area contributed by atoms with E-state index in [2.05, 4.69) is 10.1 Å². The number of methoxy groups -OCH3 is 1. The molecule has 1 aromatic rings. The summed E-state index contributed by atoms with van der Waals surface area (Å²) in [7, 11) is 1.38. The fraction of sp³-hybridized carbons (Fsp3) is 0.308. The Bertz CT molecular complexity index is 454. The minimum atomic E-state index is -0.368. The molecule has 2 rings (SSSR count). The fourth-order valence-electron chi connectivity index (χ4n) is 1.88. The van der Waals surface area contributed by atoms with Gasteiger partial charge in [-0.3, -0.25) is 10.1 Å². The Balaban J connectivity index is 2.20.